The highest BCUT2D eigenvalue weighted by Crippen LogP contribution is 2.15. The molecule has 1 radical (unpaired) electrons. The molecule has 0 saturated carbocycles. The second-order valence-electron chi connectivity index (χ2n) is 1.95. The highest BCUT2D eigenvalue weighted by atomic mass is 79.9. The fourth-order valence-electron chi connectivity index (χ4n) is 0.736. The predicted molar refractivity (Wildman–Crippen MR) is 43.2 cm³/mol. The van der Waals surface area contributed by atoms with Gasteiger partial charge in [-0.1, -0.05) is 28.9 Å². The zero-order valence-electron chi connectivity index (χ0n) is 5.57. The van der Waals surface area contributed by atoms with Gasteiger partial charge in [-0.15, -0.1) is 0 Å². The molecule has 0 aromatic heterocycles. The molecule has 0 unspecified atom stereocenters. The first kappa shape index (κ1) is 7.73. The summed E-state index contributed by atoms with van der Waals surface area (Å²) in [5.74, 6) is -0.183. The Kier molecular flexibility index (Phi) is 2.44. The molecule has 0 amide bonds. The van der Waals surface area contributed by atoms with Crippen LogP contribution in [0, 0.1) is 12.2 Å². The largest absolute Gasteiger partial charge is 0.207 e. The summed E-state index contributed by atoms with van der Waals surface area (Å²) in [5.41, 5.74) is 0.642. The Bertz CT molecular complexity index is 233. The Balaban J connectivity index is 3.07. The van der Waals surface area contributed by atoms with Gasteiger partial charge in [0.1, 0.15) is 5.82 Å². The van der Waals surface area contributed by atoms with Crippen LogP contribution in [-0.2, 0) is 0 Å². The second-order valence-corrected chi connectivity index (χ2v) is 2.87. The van der Waals surface area contributed by atoms with E-state index in [9.17, 15) is 4.39 Å². The van der Waals surface area contributed by atoms with Crippen LogP contribution in [0.25, 0.3) is 0 Å². The summed E-state index contributed by atoms with van der Waals surface area (Å²) >= 11 is 3.17. The van der Waals surface area contributed by atoms with E-state index in [2.05, 4.69) is 15.9 Å². The Labute approximate surface area is 68.2 Å². The molecular weight excluding hydrogens is 195 g/mol. The van der Waals surface area contributed by atoms with Crippen LogP contribution in [0.3, 0.4) is 0 Å². The van der Waals surface area contributed by atoms with Crippen LogP contribution in [0.2, 0.25) is 0 Å². The van der Waals surface area contributed by atoms with Gasteiger partial charge in [-0.25, -0.2) is 4.39 Å². The summed E-state index contributed by atoms with van der Waals surface area (Å²) in [6.45, 7) is 1.81. The minimum absolute atomic E-state index is 0.183. The Morgan fingerprint density at radius 2 is 2.20 bits per heavy atom. The molecule has 0 N–H and O–H groups in total. The minimum atomic E-state index is -0.183. The fraction of sp³-hybridized carbons (Fsp3) is 0.125. The quantitative estimate of drug-likeness (QED) is 0.656. The van der Waals surface area contributed by atoms with E-state index in [1.807, 2.05) is 13.0 Å². The number of hydrogen-bond acceptors (Lipinski definition) is 0. The first-order valence-electron chi connectivity index (χ1n) is 2.98. The maximum Gasteiger partial charge on any atom is 0.127 e. The van der Waals surface area contributed by atoms with E-state index in [0.29, 0.717) is 5.56 Å². The smallest absolute Gasteiger partial charge is 0.127 e. The molecule has 0 aliphatic heterocycles. The summed E-state index contributed by atoms with van der Waals surface area (Å²) in [5, 5.41) is 0. The lowest BCUT2D eigenvalue weighted by atomic mass is 10.2. The molecule has 0 saturated heterocycles. The Hall–Kier alpha value is -0.370. The van der Waals surface area contributed by atoms with Gasteiger partial charge in [0.2, 0.25) is 0 Å². The molecule has 0 bridgehead atoms. The van der Waals surface area contributed by atoms with Crippen molar-refractivity contribution in [1.29, 1.82) is 0 Å². The van der Waals surface area contributed by atoms with E-state index in [-0.39, 0.29) is 5.82 Å². The van der Waals surface area contributed by atoms with Crippen molar-refractivity contribution in [2.45, 2.75) is 6.92 Å². The van der Waals surface area contributed by atoms with Crippen molar-refractivity contribution in [2.24, 2.45) is 0 Å². The molecule has 1 rings (SSSR count). The van der Waals surface area contributed by atoms with Crippen molar-refractivity contribution < 1.29 is 4.39 Å². The molecule has 0 aliphatic carbocycles. The molecule has 2 heteroatoms. The van der Waals surface area contributed by atoms with E-state index in [1.54, 1.807) is 12.5 Å². The minimum Gasteiger partial charge on any atom is -0.207 e. The SMILES string of the molecule is C[CH]c1ccc(Br)cc1F. The van der Waals surface area contributed by atoms with Crippen molar-refractivity contribution in [3.05, 3.63) is 40.5 Å². The van der Waals surface area contributed by atoms with Crippen molar-refractivity contribution in [3.63, 3.8) is 0 Å². The van der Waals surface area contributed by atoms with Gasteiger partial charge in [0, 0.05) is 4.47 Å². The molecular formula is C8H7BrF. The normalized spacial score (nSPS) is 9.90. The number of halogens is 2. The third-order valence-electron chi connectivity index (χ3n) is 1.27. The molecule has 0 fully saturated rings. The third kappa shape index (κ3) is 1.57. The summed E-state index contributed by atoms with van der Waals surface area (Å²) in [4.78, 5) is 0. The van der Waals surface area contributed by atoms with E-state index in [4.69, 9.17) is 0 Å². The van der Waals surface area contributed by atoms with E-state index in [1.165, 1.54) is 6.07 Å². The zero-order valence-corrected chi connectivity index (χ0v) is 7.15. The monoisotopic (exact) mass is 201 g/mol. The average Bonchev–Trinajstić information content (AvgIpc) is 1.88. The second kappa shape index (κ2) is 3.15. The van der Waals surface area contributed by atoms with Crippen LogP contribution >= 0.6 is 15.9 Å². The maximum atomic E-state index is 12.8. The lowest BCUT2D eigenvalue weighted by molar-refractivity contribution is 0.619. The highest BCUT2D eigenvalue weighted by Gasteiger charge is 1.98. The lowest BCUT2D eigenvalue weighted by Crippen LogP contribution is -1.83. The van der Waals surface area contributed by atoms with Crippen LogP contribution in [0.15, 0.2) is 22.7 Å². The Morgan fingerprint density at radius 1 is 1.50 bits per heavy atom. The molecule has 0 atom stereocenters. The standard InChI is InChI=1S/C8H7BrF/c1-2-6-3-4-7(9)5-8(6)10/h2-5H,1H3. The van der Waals surface area contributed by atoms with Crippen LogP contribution in [0.4, 0.5) is 4.39 Å². The third-order valence-corrected chi connectivity index (χ3v) is 1.77. The van der Waals surface area contributed by atoms with Crippen molar-refractivity contribution in [1.82, 2.24) is 0 Å². The molecule has 0 heterocycles. The van der Waals surface area contributed by atoms with Gasteiger partial charge in [-0.3, -0.25) is 0 Å². The van der Waals surface area contributed by atoms with Crippen LogP contribution in [-0.4, -0.2) is 0 Å². The maximum absolute atomic E-state index is 12.8. The highest BCUT2D eigenvalue weighted by molar-refractivity contribution is 9.10. The molecule has 10 heavy (non-hydrogen) atoms. The number of rotatable bonds is 1. The average molecular weight is 202 g/mol. The van der Waals surface area contributed by atoms with Crippen molar-refractivity contribution >= 4 is 15.9 Å². The lowest BCUT2D eigenvalue weighted by Gasteiger charge is -1.97. The van der Waals surface area contributed by atoms with Crippen molar-refractivity contribution in [2.75, 3.05) is 0 Å². The van der Waals surface area contributed by atoms with Gasteiger partial charge in [0.25, 0.3) is 0 Å². The molecule has 53 valence electrons. The summed E-state index contributed by atoms with van der Waals surface area (Å²) in [7, 11) is 0. The van der Waals surface area contributed by atoms with E-state index in [0.717, 1.165) is 4.47 Å². The Morgan fingerprint density at radius 3 is 2.70 bits per heavy atom. The predicted octanol–water partition coefficient (Wildman–Crippen LogP) is 3.16. The number of hydrogen-bond donors (Lipinski definition) is 0. The molecule has 0 aliphatic rings. The van der Waals surface area contributed by atoms with Crippen molar-refractivity contribution in [3.8, 4) is 0 Å². The topological polar surface area (TPSA) is 0 Å². The first-order valence-corrected chi connectivity index (χ1v) is 3.78. The summed E-state index contributed by atoms with van der Waals surface area (Å²) in [6.07, 6.45) is 1.74. The first-order chi connectivity index (χ1) is 4.74. The molecule has 0 spiro atoms. The van der Waals surface area contributed by atoms with Crippen LogP contribution in [0.1, 0.15) is 12.5 Å². The van der Waals surface area contributed by atoms with Gasteiger partial charge >= 0.3 is 0 Å². The van der Waals surface area contributed by atoms with Gasteiger partial charge in [-0.2, -0.15) is 0 Å². The van der Waals surface area contributed by atoms with Gasteiger partial charge in [0.15, 0.2) is 0 Å². The molecule has 0 nitrogen and oxygen atoms in total. The van der Waals surface area contributed by atoms with Gasteiger partial charge in [-0.05, 0) is 24.1 Å². The van der Waals surface area contributed by atoms with Crippen LogP contribution < -0.4 is 0 Å². The van der Waals surface area contributed by atoms with Gasteiger partial charge in [0.05, 0.1) is 0 Å². The zero-order chi connectivity index (χ0) is 7.56. The number of benzene rings is 1. The molecule has 1 aromatic rings. The van der Waals surface area contributed by atoms with Gasteiger partial charge < -0.3 is 0 Å². The van der Waals surface area contributed by atoms with E-state index < -0.39 is 0 Å². The van der Waals surface area contributed by atoms with Crippen LogP contribution in [0.5, 0.6) is 0 Å². The summed E-state index contributed by atoms with van der Waals surface area (Å²) in [6, 6.07) is 5.01. The van der Waals surface area contributed by atoms with E-state index >= 15 is 0 Å². The fourth-order valence-corrected chi connectivity index (χ4v) is 1.07. The summed E-state index contributed by atoms with van der Waals surface area (Å²) < 4.78 is 13.6. The molecule has 1 aromatic carbocycles.